The Labute approximate surface area is 152 Å². The first-order valence-electron chi connectivity index (χ1n) is 6.95. The molecular formula is C17H13Cl2NO3S. The molecule has 2 aromatic carbocycles. The van der Waals surface area contributed by atoms with Crippen LogP contribution in [-0.2, 0) is 0 Å². The van der Waals surface area contributed by atoms with E-state index in [1.165, 1.54) is 18.4 Å². The van der Waals surface area contributed by atoms with Crippen LogP contribution in [0, 0.1) is 0 Å². The SMILES string of the molecule is COc1ccc(OC)c(NC(=O)c2sc3cccc(Cl)c3c2Cl)c1. The van der Waals surface area contributed by atoms with E-state index in [9.17, 15) is 4.79 Å². The lowest BCUT2D eigenvalue weighted by molar-refractivity contribution is 0.103. The van der Waals surface area contributed by atoms with Gasteiger partial charge < -0.3 is 14.8 Å². The highest BCUT2D eigenvalue weighted by Gasteiger charge is 2.20. The summed E-state index contributed by atoms with van der Waals surface area (Å²) in [5, 5.41) is 4.37. The molecule has 1 amide bonds. The first-order chi connectivity index (χ1) is 11.5. The van der Waals surface area contributed by atoms with Crippen LogP contribution >= 0.6 is 34.5 Å². The van der Waals surface area contributed by atoms with Gasteiger partial charge in [0, 0.05) is 16.2 Å². The van der Waals surface area contributed by atoms with Crippen LogP contribution in [0.25, 0.3) is 10.1 Å². The van der Waals surface area contributed by atoms with Crippen LogP contribution in [0.4, 0.5) is 5.69 Å². The molecular weight excluding hydrogens is 369 g/mol. The molecule has 0 fully saturated rings. The number of benzene rings is 2. The van der Waals surface area contributed by atoms with Crippen LogP contribution in [0.3, 0.4) is 0 Å². The summed E-state index contributed by atoms with van der Waals surface area (Å²) in [5.74, 6) is 0.805. The molecule has 1 heterocycles. The maximum Gasteiger partial charge on any atom is 0.267 e. The second-order valence-electron chi connectivity index (χ2n) is 4.88. The van der Waals surface area contributed by atoms with Gasteiger partial charge in [-0.1, -0.05) is 29.3 Å². The number of rotatable bonds is 4. The van der Waals surface area contributed by atoms with Crippen molar-refractivity contribution in [2.24, 2.45) is 0 Å². The van der Waals surface area contributed by atoms with Gasteiger partial charge in [0.2, 0.25) is 0 Å². The van der Waals surface area contributed by atoms with Crippen molar-refractivity contribution in [2.45, 2.75) is 0 Å². The van der Waals surface area contributed by atoms with Crippen LogP contribution < -0.4 is 14.8 Å². The van der Waals surface area contributed by atoms with Gasteiger partial charge >= 0.3 is 0 Å². The zero-order valence-corrected chi connectivity index (χ0v) is 15.2. The lowest BCUT2D eigenvalue weighted by Gasteiger charge is -2.11. The molecule has 0 aliphatic heterocycles. The molecule has 0 atom stereocenters. The monoisotopic (exact) mass is 381 g/mol. The maximum absolute atomic E-state index is 12.7. The standard InChI is InChI=1S/C17H13Cl2NO3S/c1-22-9-6-7-12(23-2)11(8-9)20-17(21)16-15(19)14-10(18)4-3-5-13(14)24-16/h3-8H,1-2H3,(H,20,21). The second-order valence-corrected chi connectivity index (χ2v) is 6.72. The van der Waals surface area contributed by atoms with Gasteiger partial charge in [-0.15, -0.1) is 11.3 Å². The van der Waals surface area contributed by atoms with Gasteiger partial charge in [-0.2, -0.15) is 0 Å². The summed E-state index contributed by atoms with van der Waals surface area (Å²) in [6, 6.07) is 10.6. The van der Waals surface area contributed by atoms with Gasteiger partial charge in [-0.05, 0) is 24.3 Å². The molecule has 0 saturated carbocycles. The minimum absolute atomic E-state index is 0.330. The summed E-state index contributed by atoms with van der Waals surface area (Å²) in [6.45, 7) is 0. The van der Waals surface area contributed by atoms with Gasteiger partial charge in [0.25, 0.3) is 5.91 Å². The largest absolute Gasteiger partial charge is 0.497 e. The highest BCUT2D eigenvalue weighted by atomic mass is 35.5. The number of hydrogen-bond donors (Lipinski definition) is 1. The summed E-state index contributed by atoms with van der Waals surface area (Å²) in [7, 11) is 3.09. The molecule has 3 aromatic rings. The highest BCUT2D eigenvalue weighted by molar-refractivity contribution is 7.21. The van der Waals surface area contributed by atoms with Crippen LogP contribution in [0.5, 0.6) is 11.5 Å². The number of thiophene rings is 1. The smallest absolute Gasteiger partial charge is 0.267 e. The predicted octanol–water partition coefficient (Wildman–Crippen LogP) is 5.48. The average molecular weight is 382 g/mol. The minimum Gasteiger partial charge on any atom is -0.497 e. The van der Waals surface area contributed by atoms with E-state index in [1.54, 1.807) is 31.4 Å². The van der Waals surface area contributed by atoms with Crippen LogP contribution in [-0.4, -0.2) is 20.1 Å². The van der Waals surface area contributed by atoms with E-state index in [-0.39, 0.29) is 5.91 Å². The normalized spacial score (nSPS) is 10.7. The molecule has 3 rings (SSSR count). The number of methoxy groups -OCH3 is 2. The summed E-state index contributed by atoms with van der Waals surface area (Å²) < 4.78 is 11.3. The summed E-state index contributed by atoms with van der Waals surface area (Å²) in [5.41, 5.74) is 0.501. The summed E-state index contributed by atoms with van der Waals surface area (Å²) in [6.07, 6.45) is 0. The Balaban J connectivity index is 1.99. The first kappa shape index (κ1) is 16.9. The maximum atomic E-state index is 12.7. The Morgan fingerprint density at radius 2 is 1.92 bits per heavy atom. The number of ether oxygens (including phenoxy) is 2. The lowest BCUT2D eigenvalue weighted by Crippen LogP contribution is -2.11. The van der Waals surface area contributed by atoms with Gasteiger partial charge in [-0.25, -0.2) is 0 Å². The summed E-state index contributed by atoms with van der Waals surface area (Å²) >= 11 is 13.8. The minimum atomic E-state index is -0.330. The molecule has 0 aliphatic carbocycles. The van der Waals surface area contributed by atoms with Crippen LogP contribution in [0.15, 0.2) is 36.4 Å². The zero-order chi connectivity index (χ0) is 17.3. The van der Waals surface area contributed by atoms with Crippen molar-refractivity contribution in [3.8, 4) is 11.5 Å². The van der Waals surface area contributed by atoms with Crippen molar-refractivity contribution >= 4 is 56.2 Å². The fourth-order valence-corrected chi connectivity index (χ4v) is 4.16. The highest BCUT2D eigenvalue weighted by Crippen LogP contribution is 2.40. The van der Waals surface area contributed by atoms with E-state index in [1.807, 2.05) is 12.1 Å². The van der Waals surface area contributed by atoms with Crippen molar-refractivity contribution in [1.82, 2.24) is 0 Å². The van der Waals surface area contributed by atoms with Crippen molar-refractivity contribution in [2.75, 3.05) is 19.5 Å². The molecule has 0 aliphatic rings. The fourth-order valence-electron chi connectivity index (χ4n) is 2.31. The topological polar surface area (TPSA) is 47.6 Å². The number of carbonyl (C=O) groups excluding carboxylic acids is 1. The molecule has 7 heteroatoms. The van der Waals surface area contributed by atoms with Crippen molar-refractivity contribution < 1.29 is 14.3 Å². The molecule has 124 valence electrons. The molecule has 0 radical (unpaired) electrons. The number of amides is 1. The van der Waals surface area contributed by atoms with Crippen LogP contribution in [0.1, 0.15) is 9.67 Å². The molecule has 0 bridgehead atoms. The Morgan fingerprint density at radius 3 is 2.58 bits per heavy atom. The van der Waals surface area contributed by atoms with E-state index < -0.39 is 0 Å². The molecule has 4 nitrogen and oxygen atoms in total. The average Bonchev–Trinajstić information content (AvgIpc) is 2.93. The number of hydrogen-bond acceptors (Lipinski definition) is 4. The third-order valence-corrected chi connectivity index (χ3v) is 5.43. The Bertz CT molecular complexity index is 924. The zero-order valence-electron chi connectivity index (χ0n) is 12.9. The first-order valence-corrected chi connectivity index (χ1v) is 8.52. The van der Waals surface area contributed by atoms with Gasteiger partial charge in [0.05, 0.1) is 30.0 Å². The molecule has 24 heavy (non-hydrogen) atoms. The van der Waals surface area contributed by atoms with Gasteiger partial charge in [0.1, 0.15) is 16.4 Å². The number of fused-ring (bicyclic) bond motifs is 1. The lowest BCUT2D eigenvalue weighted by atomic mass is 10.2. The molecule has 0 unspecified atom stereocenters. The predicted molar refractivity (Wildman–Crippen MR) is 99.3 cm³/mol. The molecule has 1 aromatic heterocycles. The Kier molecular flexibility index (Phi) is 4.85. The third-order valence-electron chi connectivity index (χ3n) is 3.47. The third kappa shape index (κ3) is 3.02. The van der Waals surface area contributed by atoms with E-state index in [0.29, 0.717) is 37.5 Å². The van der Waals surface area contributed by atoms with Gasteiger partial charge in [0.15, 0.2) is 0 Å². The second kappa shape index (κ2) is 6.89. The van der Waals surface area contributed by atoms with E-state index in [4.69, 9.17) is 32.7 Å². The molecule has 0 spiro atoms. The van der Waals surface area contributed by atoms with Crippen LogP contribution in [0.2, 0.25) is 10.0 Å². The number of nitrogens with one attached hydrogen (secondary N) is 1. The fraction of sp³-hybridized carbons (Fsp3) is 0.118. The number of halogens is 2. The van der Waals surface area contributed by atoms with Gasteiger partial charge in [-0.3, -0.25) is 4.79 Å². The summed E-state index contributed by atoms with van der Waals surface area (Å²) in [4.78, 5) is 13.1. The van der Waals surface area contributed by atoms with Crippen molar-refractivity contribution in [3.05, 3.63) is 51.3 Å². The number of anilines is 1. The van der Waals surface area contributed by atoms with E-state index >= 15 is 0 Å². The quantitative estimate of drug-likeness (QED) is 0.650. The van der Waals surface area contributed by atoms with E-state index in [0.717, 1.165) is 4.70 Å². The Morgan fingerprint density at radius 1 is 1.12 bits per heavy atom. The number of carbonyl (C=O) groups is 1. The Hall–Kier alpha value is -1.95. The van der Waals surface area contributed by atoms with Crippen molar-refractivity contribution in [3.63, 3.8) is 0 Å². The van der Waals surface area contributed by atoms with Crippen molar-refractivity contribution in [1.29, 1.82) is 0 Å². The van der Waals surface area contributed by atoms with E-state index in [2.05, 4.69) is 5.32 Å². The molecule has 0 saturated heterocycles. The molecule has 1 N–H and O–H groups in total.